The van der Waals surface area contributed by atoms with Crippen molar-refractivity contribution >= 4 is 28.3 Å². The SMILES string of the molecule is CC(C)c1nccn1Cc1cccc(NC(=O)C2CCN(C(=O)c3cccc4ccccc34)CC2)c1. The highest BCUT2D eigenvalue weighted by atomic mass is 16.2. The minimum atomic E-state index is -0.105. The molecule has 5 rings (SSSR count). The average molecular weight is 481 g/mol. The second-order valence-corrected chi connectivity index (χ2v) is 9.85. The fraction of sp³-hybridized carbons (Fsp3) is 0.300. The van der Waals surface area contributed by atoms with Gasteiger partial charge in [-0.25, -0.2) is 4.98 Å². The molecule has 0 radical (unpaired) electrons. The van der Waals surface area contributed by atoms with Crippen LogP contribution in [-0.4, -0.2) is 39.4 Å². The van der Waals surface area contributed by atoms with Gasteiger partial charge in [-0.3, -0.25) is 9.59 Å². The third-order valence-electron chi connectivity index (χ3n) is 6.98. The number of nitrogens with zero attached hydrogens (tertiary/aromatic N) is 3. The maximum atomic E-state index is 13.2. The lowest BCUT2D eigenvalue weighted by Gasteiger charge is -2.31. The van der Waals surface area contributed by atoms with Crippen LogP contribution in [0.25, 0.3) is 10.8 Å². The van der Waals surface area contributed by atoms with Crippen LogP contribution in [0.1, 0.15) is 54.4 Å². The number of likely N-dealkylation sites (tertiary alicyclic amines) is 1. The number of nitrogens with one attached hydrogen (secondary N) is 1. The zero-order chi connectivity index (χ0) is 25.1. The lowest BCUT2D eigenvalue weighted by Crippen LogP contribution is -2.41. The van der Waals surface area contributed by atoms with E-state index in [1.165, 1.54) is 0 Å². The monoisotopic (exact) mass is 480 g/mol. The quantitative estimate of drug-likeness (QED) is 0.385. The molecular formula is C30H32N4O2. The van der Waals surface area contributed by atoms with E-state index in [0.29, 0.717) is 38.4 Å². The number of fused-ring (bicyclic) bond motifs is 1. The molecule has 1 aliphatic rings. The highest BCUT2D eigenvalue weighted by Crippen LogP contribution is 2.25. The Morgan fingerprint density at radius 3 is 2.56 bits per heavy atom. The second kappa shape index (κ2) is 10.4. The zero-order valence-corrected chi connectivity index (χ0v) is 20.9. The first kappa shape index (κ1) is 23.8. The van der Waals surface area contributed by atoms with Crippen LogP contribution in [0.5, 0.6) is 0 Å². The Balaban J connectivity index is 1.19. The Labute approximate surface area is 212 Å². The topological polar surface area (TPSA) is 67.2 Å². The van der Waals surface area contributed by atoms with Gasteiger partial charge in [0.05, 0.1) is 0 Å². The van der Waals surface area contributed by atoms with Crippen molar-refractivity contribution in [1.82, 2.24) is 14.5 Å². The van der Waals surface area contributed by atoms with Crippen LogP contribution in [0.2, 0.25) is 0 Å². The fourth-order valence-electron chi connectivity index (χ4n) is 5.07. The van der Waals surface area contributed by atoms with E-state index in [4.69, 9.17) is 0 Å². The summed E-state index contributed by atoms with van der Waals surface area (Å²) >= 11 is 0. The first-order chi connectivity index (χ1) is 17.5. The molecule has 3 aromatic carbocycles. The number of anilines is 1. The van der Waals surface area contributed by atoms with Gasteiger partial charge in [0.15, 0.2) is 0 Å². The van der Waals surface area contributed by atoms with Gasteiger partial charge in [-0.2, -0.15) is 0 Å². The van der Waals surface area contributed by atoms with E-state index in [1.54, 1.807) is 0 Å². The normalized spacial score (nSPS) is 14.4. The van der Waals surface area contributed by atoms with Gasteiger partial charge in [0.2, 0.25) is 5.91 Å². The van der Waals surface area contributed by atoms with Crippen LogP contribution in [0.15, 0.2) is 79.1 Å². The van der Waals surface area contributed by atoms with Crippen LogP contribution in [0.3, 0.4) is 0 Å². The van der Waals surface area contributed by atoms with E-state index in [1.807, 2.05) is 78.0 Å². The van der Waals surface area contributed by atoms with Crippen LogP contribution in [0, 0.1) is 5.92 Å². The molecule has 184 valence electrons. The van der Waals surface area contributed by atoms with E-state index >= 15 is 0 Å². The summed E-state index contributed by atoms with van der Waals surface area (Å²) in [6.07, 6.45) is 5.15. The molecule has 1 N–H and O–H groups in total. The average Bonchev–Trinajstić information content (AvgIpc) is 3.37. The molecule has 4 aromatic rings. The summed E-state index contributed by atoms with van der Waals surface area (Å²) in [5.74, 6) is 1.36. The summed E-state index contributed by atoms with van der Waals surface area (Å²) in [6, 6.07) is 21.8. The Morgan fingerprint density at radius 1 is 1.00 bits per heavy atom. The predicted octanol–water partition coefficient (Wildman–Crippen LogP) is 5.70. The lowest BCUT2D eigenvalue weighted by atomic mass is 9.94. The molecule has 1 aliphatic heterocycles. The second-order valence-electron chi connectivity index (χ2n) is 9.85. The molecule has 6 heteroatoms. The van der Waals surface area contributed by atoms with E-state index in [-0.39, 0.29) is 17.7 Å². The number of piperidine rings is 1. The maximum Gasteiger partial charge on any atom is 0.254 e. The largest absolute Gasteiger partial charge is 0.339 e. The van der Waals surface area contributed by atoms with E-state index in [9.17, 15) is 9.59 Å². The standard InChI is InChI=1S/C30H32N4O2/c1-21(2)28-31-15-18-34(28)20-22-7-5-10-25(19-22)32-29(35)24-13-16-33(17-14-24)30(36)27-12-6-9-23-8-3-4-11-26(23)27/h3-12,15,18-19,21,24H,13-14,16-17,20H2,1-2H3,(H,32,35). The molecule has 2 amide bonds. The van der Waals surface area contributed by atoms with Gasteiger partial charge < -0.3 is 14.8 Å². The molecule has 36 heavy (non-hydrogen) atoms. The number of benzene rings is 3. The van der Waals surface area contributed by atoms with E-state index < -0.39 is 0 Å². The Kier molecular flexibility index (Phi) is 6.85. The van der Waals surface area contributed by atoms with Crippen molar-refractivity contribution in [1.29, 1.82) is 0 Å². The van der Waals surface area contributed by atoms with Crippen molar-refractivity contribution in [2.45, 2.75) is 39.2 Å². The molecule has 2 heterocycles. The lowest BCUT2D eigenvalue weighted by molar-refractivity contribution is -0.121. The highest BCUT2D eigenvalue weighted by molar-refractivity contribution is 6.07. The Bertz CT molecular complexity index is 1380. The molecule has 0 spiro atoms. The molecule has 6 nitrogen and oxygen atoms in total. The molecule has 1 aromatic heterocycles. The van der Waals surface area contributed by atoms with Gasteiger partial charge in [-0.1, -0.05) is 62.4 Å². The van der Waals surface area contributed by atoms with Crippen molar-refractivity contribution < 1.29 is 9.59 Å². The van der Waals surface area contributed by atoms with Gasteiger partial charge in [0.1, 0.15) is 5.82 Å². The van der Waals surface area contributed by atoms with Crippen LogP contribution in [0.4, 0.5) is 5.69 Å². The molecule has 0 atom stereocenters. The van der Waals surface area contributed by atoms with Gasteiger partial charge in [0.25, 0.3) is 5.91 Å². The van der Waals surface area contributed by atoms with Crippen LogP contribution < -0.4 is 5.32 Å². The first-order valence-corrected chi connectivity index (χ1v) is 12.7. The fourth-order valence-corrected chi connectivity index (χ4v) is 5.07. The minimum Gasteiger partial charge on any atom is -0.339 e. The summed E-state index contributed by atoms with van der Waals surface area (Å²) in [6.45, 7) is 6.15. The van der Waals surface area contributed by atoms with Crippen LogP contribution >= 0.6 is 0 Å². The van der Waals surface area contributed by atoms with Gasteiger partial charge in [-0.15, -0.1) is 0 Å². The Hall–Kier alpha value is -3.93. The van der Waals surface area contributed by atoms with Gasteiger partial charge in [0, 0.05) is 55.1 Å². The predicted molar refractivity (Wildman–Crippen MR) is 143 cm³/mol. The van der Waals surface area contributed by atoms with Crippen molar-refractivity contribution in [2.75, 3.05) is 18.4 Å². The third-order valence-corrected chi connectivity index (χ3v) is 6.98. The highest BCUT2D eigenvalue weighted by Gasteiger charge is 2.28. The van der Waals surface area contributed by atoms with Crippen molar-refractivity contribution in [3.05, 3.63) is 96.1 Å². The Morgan fingerprint density at radius 2 is 1.75 bits per heavy atom. The molecule has 1 fully saturated rings. The third kappa shape index (κ3) is 5.03. The number of rotatable bonds is 6. The smallest absolute Gasteiger partial charge is 0.254 e. The maximum absolute atomic E-state index is 13.2. The molecule has 0 bridgehead atoms. The zero-order valence-electron chi connectivity index (χ0n) is 20.9. The van der Waals surface area contributed by atoms with Crippen molar-refractivity contribution in [2.24, 2.45) is 5.92 Å². The van der Waals surface area contributed by atoms with Gasteiger partial charge >= 0.3 is 0 Å². The van der Waals surface area contributed by atoms with Gasteiger partial charge in [-0.05, 0) is 47.4 Å². The molecule has 0 unspecified atom stereocenters. The first-order valence-electron chi connectivity index (χ1n) is 12.7. The van der Waals surface area contributed by atoms with Crippen molar-refractivity contribution in [3.63, 3.8) is 0 Å². The number of carbonyl (C=O) groups is 2. The molecular weight excluding hydrogens is 448 g/mol. The molecule has 0 saturated carbocycles. The number of amides is 2. The van der Waals surface area contributed by atoms with E-state index in [0.717, 1.165) is 33.4 Å². The summed E-state index contributed by atoms with van der Waals surface area (Å²) < 4.78 is 2.15. The summed E-state index contributed by atoms with van der Waals surface area (Å²) in [5, 5.41) is 5.14. The number of aromatic nitrogens is 2. The van der Waals surface area contributed by atoms with Crippen molar-refractivity contribution in [3.8, 4) is 0 Å². The number of hydrogen-bond acceptors (Lipinski definition) is 3. The number of imidazole rings is 1. The van der Waals surface area contributed by atoms with E-state index in [2.05, 4.69) is 34.8 Å². The van der Waals surface area contributed by atoms with Crippen LogP contribution in [-0.2, 0) is 11.3 Å². The summed E-state index contributed by atoms with van der Waals surface area (Å²) in [5.41, 5.74) is 2.65. The molecule has 0 aliphatic carbocycles. The minimum absolute atomic E-state index is 0.0231. The summed E-state index contributed by atoms with van der Waals surface area (Å²) in [4.78, 5) is 32.6. The number of carbonyl (C=O) groups excluding carboxylic acids is 2. The summed E-state index contributed by atoms with van der Waals surface area (Å²) in [7, 11) is 0. The molecule has 1 saturated heterocycles. The number of hydrogen-bond donors (Lipinski definition) is 1.